The summed E-state index contributed by atoms with van der Waals surface area (Å²) in [7, 11) is 1.77. The van der Waals surface area contributed by atoms with Crippen LogP contribution in [0.2, 0.25) is 0 Å². The Bertz CT molecular complexity index is 563. The molecule has 0 amide bonds. The average Bonchev–Trinajstić information content (AvgIpc) is 2.45. The van der Waals surface area contributed by atoms with Gasteiger partial charge >= 0.3 is 0 Å². The Balaban J connectivity index is 1.92. The van der Waals surface area contributed by atoms with Gasteiger partial charge in [0.2, 0.25) is 0 Å². The number of hydrogen-bond acceptors (Lipinski definition) is 1. The summed E-state index contributed by atoms with van der Waals surface area (Å²) in [6, 6.07) is 4.45. The van der Waals surface area contributed by atoms with E-state index >= 15 is 0 Å². The Morgan fingerprint density at radius 3 is 2.26 bits per heavy atom. The monoisotopic (exact) mass is 314 g/mol. The van der Waals surface area contributed by atoms with Crippen LogP contribution in [0.4, 0.5) is 0 Å². The molecule has 2 unspecified atom stereocenters. The van der Waals surface area contributed by atoms with Crippen molar-refractivity contribution in [1.82, 2.24) is 0 Å². The average molecular weight is 315 g/mol. The van der Waals surface area contributed by atoms with E-state index < -0.39 is 0 Å². The summed E-state index contributed by atoms with van der Waals surface area (Å²) in [5.74, 6) is 2.85. The van der Waals surface area contributed by atoms with Gasteiger partial charge in [0.05, 0.1) is 7.11 Å². The molecule has 0 heterocycles. The van der Waals surface area contributed by atoms with Gasteiger partial charge in [0.1, 0.15) is 5.75 Å². The molecule has 3 atom stereocenters. The van der Waals surface area contributed by atoms with Crippen molar-refractivity contribution in [2.45, 2.75) is 78.6 Å². The van der Waals surface area contributed by atoms with Crippen molar-refractivity contribution in [3.8, 4) is 5.75 Å². The maximum Gasteiger partial charge on any atom is 0.119 e. The molecule has 2 saturated carbocycles. The maximum absolute atomic E-state index is 5.46. The van der Waals surface area contributed by atoms with E-state index in [1.165, 1.54) is 49.7 Å². The predicted molar refractivity (Wildman–Crippen MR) is 98.3 cm³/mol. The minimum Gasteiger partial charge on any atom is -0.497 e. The minimum absolute atomic E-state index is 0.342. The fraction of sp³-hybridized carbons (Fsp3) is 0.727. The number of ether oxygens (including phenoxy) is 1. The Morgan fingerprint density at radius 1 is 1.00 bits per heavy atom. The number of rotatable bonds is 2. The van der Waals surface area contributed by atoms with Crippen molar-refractivity contribution in [1.29, 1.82) is 0 Å². The highest BCUT2D eigenvalue weighted by Crippen LogP contribution is 2.56. The summed E-state index contributed by atoms with van der Waals surface area (Å²) in [6.07, 6.45) is 8.40. The van der Waals surface area contributed by atoms with Crippen LogP contribution in [0.15, 0.2) is 12.1 Å². The Morgan fingerprint density at radius 2 is 1.65 bits per heavy atom. The number of methoxy groups -OCH3 is 1. The van der Waals surface area contributed by atoms with E-state index in [-0.39, 0.29) is 0 Å². The van der Waals surface area contributed by atoms with Crippen LogP contribution >= 0.6 is 0 Å². The van der Waals surface area contributed by atoms with Crippen molar-refractivity contribution in [3.63, 3.8) is 0 Å². The maximum atomic E-state index is 5.46. The zero-order valence-corrected chi connectivity index (χ0v) is 16.0. The molecular weight excluding hydrogens is 280 g/mol. The van der Waals surface area contributed by atoms with Gasteiger partial charge in [-0.3, -0.25) is 0 Å². The molecule has 0 N–H and O–H groups in total. The molecule has 2 fully saturated rings. The number of fused-ring (bicyclic) bond motifs is 1. The van der Waals surface area contributed by atoms with E-state index in [1.54, 1.807) is 12.7 Å². The molecule has 0 radical (unpaired) electrons. The second-order valence-corrected chi connectivity index (χ2v) is 9.19. The SMILES string of the molecule is COc1cc(C)c([C@@]2(C)CCC3C(CCCC3(C)C)C2)c(C)c1. The smallest absolute Gasteiger partial charge is 0.119 e. The molecule has 2 aliphatic rings. The quantitative estimate of drug-likeness (QED) is 0.632. The summed E-state index contributed by atoms with van der Waals surface area (Å²) < 4.78 is 5.46. The molecule has 23 heavy (non-hydrogen) atoms. The summed E-state index contributed by atoms with van der Waals surface area (Å²) >= 11 is 0. The number of aryl methyl sites for hydroxylation is 2. The molecule has 0 saturated heterocycles. The Hall–Kier alpha value is -0.980. The molecule has 1 heteroatoms. The summed E-state index contributed by atoms with van der Waals surface area (Å²) in [5, 5.41) is 0. The van der Waals surface area contributed by atoms with Gasteiger partial charge in [-0.05, 0) is 91.0 Å². The van der Waals surface area contributed by atoms with Gasteiger partial charge in [-0.1, -0.05) is 33.6 Å². The molecule has 1 aromatic carbocycles. The topological polar surface area (TPSA) is 9.23 Å². The fourth-order valence-corrected chi connectivity index (χ4v) is 6.09. The first-order chi connectivity index (χ1) is 10.8. The van der Waals surface area contributed by atoms with Gasteiger partial charge in [0.25, 0.3) is 0 Å². The first kappa shape index (κ1) is 16.9. The van der Waals surface area contributed by atoms with Gasteiger partial charge in [0, 0.05) is 0 Å². The van der Waals surface area contributed by atoms with E-state index in [4.69, 9.17) is 4.74 Å². The zero-order valence-electron chi connectivity index (χ0n) is 16.0. The predicted octanol–water partition coefficient (Wildman–Crippen LogP) is 6.20. The molecule has 128 valence electrons. The van der Waals surface area contributed by atoms with Crippen LogP contribution in [0.5, 0.6) is 5.75 Å². The van der Waals surface area contributed by atoms with E-state index in [0.29, 0.717) is 10.8 Å². The van der Waals surface area contributed by atoms with Crippen LogP contribution in [-0.4, -0.2) is 7.11 Å². The van der Waals surface area contributed by atoms with Crippen LogP contribution in [0.3, 0.4) is 0 Å². The van der Waals surface area contributed by atoms with E-state index in [0.717, 1.165) is 17.6 Å². The van der Waals surface area contributed by atoms with Crippen molar-refractivity contribution >= 4 is 0 Å². The van der Waals surface area contributed by atoms with Crippen LogP contribution in [0, 0.1) is 31.1 Å². The van der Waals surface area contributed by atoms with E-state index in [1.807, 2.05) is 0 Å². The largest absolute Gasteiger partial charge is 0.497 e. The highest BCUT2D eigenvalue weighted by Gasteiger charge is 2.46. The number of benzene rings is 1. The standard InChI is InChI=1S/C22H34O/c1-15-12-18(23-6)13-16(2)20(15)22(5)11-9-19-17(14-22)8-7-10-21(19,3)4/h12-13,17,19H,7-11,14H2,1-6H3/t17?,19?,22-/m0/s1. The van der Waals surface area contributed by atoms with Gasteiger partial charge in [0.15, 0.2) is 0 Å². The Labute approximate surface area is 142 Å². The van der Waals surface area contributed by atoms with Gasteiger partial charge in [-0.25, -0.2) is 0 Å². The Kier molecular flexibility index (Phi) is 4.27. The second kappa shape index (κ2) is 5.83. The summed E-state index contributed by atoms with van der Waals surface area (Å²) in [5.41, 5.74) is 5.32. The third-order valence-corrected chi connectivity index (χ3v) is 7.03. The molecule has 3 rings (SSSR count). The first-order valence-corrected chi connectivity index (χ1v) is 9.42. The number of hydrogen-bond donors (Lipinski definition) is 0. The molecule has 0 bridgehead atoms. The van der Waals surface area contributed by atoms with Crippen molar-refractivity contribution in [2.75, 3.05) is 7.11 Å². The molecule has 0 aromatic heterocycles. The zero-order chi connectivity index (χ0) is 16.8. The molecule has 0 aliphatic heterocycles. The van der Waals surface area contributed by atoms with Gasteiger partial charge in [-0.15, -0.1) is 0 Å². The summed E-state index contributed by atoms with van der Waals surface area (Å²) in [4.78, 5) is 0. The highest BCUT2D eigenvalue weighted by atomic mass is 16.5. The molecule has 2 aliphatic carbocycles. The van der Waals surface area contributed by atoms with E-state index in [9.17, 15) is 0 Å². The molecule has 0 spiro atoms. The van der Waals surface area contributed by atoms with Crippen molar-refractivity contribution in [3.05, 3.63) is 28.8 Å². The van der Waals surface area contributed by atoms with Crippen molar-refractivity contribution in [2.24, 2.45) is 17.3 Å². The molecular formula is C22H34O. The van der Waals surface area contributed by atoms with Gasteiger partial charge < -0.3 is 4.74 Å². The lowest BCUT2D eigenvalue weighted by Crippen LogP contribution is -2.43. The second-order valence-electron chi connectivity index (χ2n) is 9.19. The third kappa shape index (κ3) is 2.92. The van der Waals surface area contributed by atoms with Crippen LogP contribution in [0.25, 0.3) is 0 Å². The third-order valence-electron chi connectivity index (χ3n) is 7.03. The lowest BCUT2D eigenvalue weighted by atomic mass is 9.53. The van der Waals surface area contributed by atoms with E-state index in [2.05, 4.69) is 46.8 Å². The highest BCUT2D eigenvalue weighted by molar-refractivity contribution is 5.45. The molecule has 1 nitrogen and oxygen atoms in total. The van der Waals surface area contributed by atoms with Crippen LogP contribution in [0.1, 0.15) is 76.0 Å². The normalized spacial score (nSPS) is 33.1. The molecule has 1 aromatic rings. The van der Waals surface area contributed by atoms with Crippen LogP contribution < -0.4 is 4.74 Å². The fourth-order valence-electron chi connectivity index (χ4n) is 6.09. The van der Waals surface area contributed by atoms with Gasteiger partial charge in [-0.2, -0.15) is 0 Å². The minimum atomic E-state index is 0.342. The lowest BCUT2D eigenvalue weighted by molar-refractivity contribution is 0.0138. The van der Waals surface area contributed by atoms with Crippen LogP contribution in [-0.2, 0) is 5.41 Å². The summed E-state index contributed by atoms with van der Waals surface area (Å²) in [6.45, 7) is 12.1. The first-order valence-electron chi connectivity index (χ1n) is 9.42. The lowest BCUT2D eigenvalue weighted by Gasteiger charge is -2.52. The van der Waals surface area contributed by atoms with Crippen molar-refractivity contribution < 1.29 is 4.74 Å².